The van der Waals surface area contributed by atoms with Gasteiger partial charge in [0.05, 0.1) is 0 Å². The van der Waals surface area contributed by atoms with E-state index in [0.717, 1.165) is 0 Å². The molecule has 0 rings (SSSR count). The highest BCUT2D eigenvalue weighted by atomic mass is 32.7. The molecule has 4 heteroatoms. The molecule has 0 aromatic heterocycles. The van der Waals surface area contributed by atoms with Gasteiger partial charge >= 0.3 is 0 Å². The summed E-state index contributed by atoms with van der Waals surface area (Å²) in [5.41, 5.74) is 0. The summed E-state index contributed by atoms with van der Waals surface area (Å²) in [6.07, 6.45) is 0. The zero-order valence-electron chi connectivity index (χ0n) is 12.4. The fourth-order valence-electron chi connectivity index (χ4n) is 1.09. The van der Waals surface area contributed by atoms with Crippen molar-refractivity contribution in [3.8, 4) is 0 Å². The van der Waals surface area contributed by atoms with Gasteiger partial charge in [0.1, 0.15) is 0 Å². The van der Waals surface area contributed by atoms with Crippen molar-refractivity contribution in [2.75, 3.05) is 0 Å². The molecule has 0 aliphatic carbocycles. The van der Waals surface area contributed by atoms with Crippen LogP contribution in [0.15, 0.2) is 0 Å². The molecule has 0 aliphatic heterocycles. The number of hydrogen-bond acceptors (Lipinski definition) is 0. The van der Waals surface area contributed by atoms with E-state index in [-0.39, 0.29) is 6.99 Å². The minimum atomic E-state index is 0.258. The van der Waals surface area contributed by atoms with E-state index < -0.39 is 0 Å². The van der Waals surface area contributed by atoms with E-state index in [1.54, 1.807) is 0 Å². The predicted molar refractivity (Wildman–Crippen MR) is 91.1 cm³/mol. The van der Waals surface area contributed by atoms with E-state index in [4.69, 9.17) is 0 Å². The summed E-state index contributed by atoms with van der Waals surface area (Å²) < 4.78 is 0. The van der Waals surface area contributed by atoms with E-state index >= 15 is 0 Å². The van der Waals surface area contributed by atoms with Crippen LogP contribution in [0.25, 0.3) is 0 Å². The summed E-state index contributed by atoms with van der Waals surface area (Å²) >= 11 is 0. The average molecular weight is 298 g/mol. The van der Waals surface area contributed by atoms with Crippen molar-refractivity contribution in [1.29, 1.82) is 0 Å². The lowest BCUT2D eigenvalue weighted by atomic mass is 10.3. The maximum Gasteiger partial charge on any atom is -0.0162 e. The highest BCUT2D eigenvalue weighted by molar-refractivity contribution is 8.75. The molecule has 0 spiro atoms. The third kappa shape index (κ3) is 12.2. The van der Waals surface area contributed by atoms with Gasteiger partial charge in [0, 0.05) is 0 Å². The van der Waals surface area contributed by atoms with Gasteiger partial charge in [-0.2, -0.15) is 0 Å². The predicted octanol–water partition coefficient (Wildman–Crippen LogP) is 6.64. The van der Waals surface area contributed by atoms with Crippen LogP contribution in [0.3, 0.4) is 0 Å². The minimum absolute atomic E-state index is 0.258. The lowest BCUT2D eigenvalue weighted by molar-refractivity contribution is 0.798. The molecule has 0 nitrogen and oxygen atoms in total. The first kappa shape index (κ1) is 17.7. The second-order valence-corrected chi connectivity index (χ2v) is 23.3. The molecular formula is C12H30P4. The summed E-state index contributed by atoms with van der Waals surface area (Å²) in [5.74, 6) is 0. The Morgan fingerprint density at radius 3 is 0.812 bits per heavy atom. The molecule has 0 fully saturated rings. The van der Waals surface area contributed by atoms with Crippen LogP contribution in [0.5, 0.6) is 0 Å². The minimum Gasteiger partial charge on any atom is -0.0820 e. The Hall–Kier alpha value is 1.72. The molecule has 0 aromatic rings. The summed E-state index contributed by atoms with van der Waals surface area (Å²) in [6.45, 7) is 21.9. The molecule has 0 aromatic carbocycles. The normalized spacial score (nSPS) is 18.6. The number of rotatable bonds is 3. The zero-order chi connectivity index (χ0) is 13.2. The second kappa shape index (κ2) is 6.25. The highest BCUT2D eigenvalue weighted by Crippen LogP contribution is 2.87. The molecule has 3 unspecified atom stereocenters. The largest absolute Gasteiger partial charge is 0.0820 e. The van der Waals surface area contributed by atoms with Crippen LogP contribution in [0.2, 0.25) is 0 Å². The molecule has 0 saturated carbocycles. The first-order valence-corrected chi connectivity index (χ1v) is 12.8. The molecule has 3 atom stereocenters. The van der Waals surface area contributed by atoms with Crippen molar-refractivity contribution in [2.24, 2.45) is 0 Å². The van der Waals surface area contributed by atoms with Crippen molar-refractivity contribution >= 4 is 31.8 Å². The van der Waals surface area contributed by atoms with E-state index in [1.807, 2.05) is 0 Å². The van der Waals surface area contributed by atoms with Gasteiger partial charge in [-0.25, -0.2) is 0 Å². The number of hydrogen-bond donors (Lipinski definition) is 0. The van der Waals surface area contributed by atoms with Crippen molar-refractivity contribution in [3.63, 3.8) is 0 Å². The van der Waals surface area contributed by atoms with E-state index in [2.05, 4.69) is 62.3 Å². The van der Waals surface area contributed by atoms with Gasteiger partial charge in [-0.15, -0.1) is 0 Å². The van der Waals surface area contributed by atoms with E-state index in [9.17, 15) is 0 Å². The summed E-state index contributed by atoms with van der Waals surface area (Å²) in [7, 11) is 3.51. The second-order valence-electron chi connectivity index (χ2n) is 7.42. The van der Waals surface area contributed by atoms with Gasteiger partial charge in [-0.1, -0.05) is 87.1 Å². The third-order valence-corrected chi connectivity index (χ3v) is 18.1. The highest BCUT2D eigenvalue weighted by Gasteiger charge is 2.26. The monoisotopic (exact) mass is 298 g/mol. The molecule has 0 radical (unpaired) electrons. The van der Waals surface area contributed by atoms with E-state index in [0.29, 0.717) is 15.5 Å². The van der Waals surface area contributed by atoms with Gasteiger partial charge in [0.15, 0.2) is 0 Å². The Labute approximate surface area is 110 Å². The Bertz CT molecular complexity index is 166. The van der Waals surface area contributed by atoms with Gasteiger partial charge in [-0.3, -0.25) is 0 Å². The van der Waals surface area contributed by atoms with Crippen LogP contribution in [0.1, 0.15) is 62.3 Å². The first-order chi connectivity index (χ1) is 6.79. The lowest BCUT2D eigenvalue weighted by Gasteiger charge is -2.35. The molecular weight excluding hydrogens is 268 g/mol. The smallest absolute Gasteiger partial charge is 0.0162 e. The van der Waals surface area contributed by atoms with Crippen LogP contribution in [0.4, 0.5) is 0 Å². The zero-order valence-corrected chi connectivity index (χ0v) is 16.3. The Kier molecular flexibility index (Phi) is 6.92. The lowest BCUT2D eigenvalue weighted by Crippen LogP contribution is -2.08. The molecule has 16 heavy (non-hydrogen) atoms. The maximum absolute atomic E-state index is 2.40. The standard InChI is InChI=1S/C12H30P4/c1-10(2,3)13-16(14-11(4,5)6)15-12(7,8)9/h13-15H,1-9H3. The summed E-state index contributed by atoms with van der Waals surface area (Å²) in [5, 5.41) is 1.59. The summed E-state index contributed by atoms with van der Waals surface area (Å²) in [6, 6.07) is 0. The average Bonchev–Trinajstić information content (AvgIpc) is 1.70. The quantitative estimate of drug-likeness (QED) is 0.512. The van der Waals surface area contributed by atoms with Crippen LogP contribution < -0.4 is 0 Å². The molecule has 98 valence electrons. The molecule has 0 heterocycles. The van der Waals surface area contributed by atoms with E-state index in [1.165, 1.54) is 24.8 Å². The SMILES string of the molecule is CC(C)(C)PP(PC(C)(C)C)PC(C)(C)C. The summed E-state index contributed by atoms with van der Waals surface area (Å²) in [4.78, 5) is 0. The molecule has 0 amide bonds. The fourth-order valence-corrected chi connectivity index (χ4v) is 29.4. The van der Waals surface area contributed by atoms with Gasteiger partial charge in [0.25, 0.3) is 0 Å². The van der Waals surface area contributed by atoms with Crippen molar-refractivity contribution in [2.45, 2.75) is 77.8 Å². The topological polar surface area (TPSA) is 0 Å². The third-order valence-electron chi connectivity index (χ3n) is 1.34. The van der Waals surface area contributed by atoms with Crippen LogP contribution in [-0.2, 0) is 0 Å². The van der Waals surface area contributed by atoms with Gasteiger partial charge in [0.2, 0.25) is 0 Å². The Morgan fingerprint density at radius 1 is 0.500 bits per heavy atom. The van der Waals surface area contributed by atoms with Crippen LogP contribution >= 0.6 is 31.8 Å². The van der Waals surface area contributed by atoms with Gasteiger partial charge < -0.3 is 0 Å². The van der Waals surface area contributed by atoms with Crippen LogP contribution in [-0.4, -0.2) is 15.5 Å². The van der Waals surface area contributed by atoms with Crippen molar-refractivity contribution in [1.82, 2.24) is 0 Å². The molecule has 0 N–H and O–H groups in total. The maximum atomic E-state index is 2.40. The molecule has 0 aliphatic rings. The molecule has 0 bridgehead atoms. The van der Waals surface area contributed by atoms with Gasteiger partial charge in [-0.05, 0) is 22.5 Å². The van der Waals surface area contributed by atoms with Crippen LogP contribution in [0, 0.1) is 0 Å². The Balaban J connectivity index is 4.53. The first-order valence-electron chi connectivity index (χ1n) is 5.92. The molecule has 0 saturated heterocycles. The van der Waals surface area contributed by atoms with Crippen molar-refractivity contribution in [3.05, 3.63) is 0 Å². The van der Waals surface area contributed by atoms with Crippen molar-refractivity contribution < 1.29 is 0 Å². The fraction of sp³-hybridized carbons (Fsp3) is 1.00. The Morgan fingerprint density at radius 2 is 0.688 bits per heavy atom.